The number of hydrogen-bond acceptors (Lipinski definition) is 3. The number of rotatable bonds is 5. The van der Waals surface area contributed by atoms with Crippen LogP contribution in [-0.4, -0.2) is 22.8 Å². The van der Waals surface area contributed by atoms with Gasteiger partial charge in [-0.15, -0.1) is 0 Å². The van der Waals surface area contributed by atoms with Gasteiger partial charge in [0.15, 0.2) is 12.1 Å². The monoisotopic (exact) mass is 320 g/mol. The van der Waals surface area contributed by atoms with Gasteiger partial charge in [-0.25, -0.2) is 0 Å². The van der Waals surface area contributed by atoms with Crippen molar-refractivity contribution in [3.63, 3.8) is 0 Å². The van der Waals surface area contributed by atoms with E-state index in [1.165, 1.54) is 0 Å². The number of ketones is 1. The Morgan fingerprint density at radius 2 is 1.91 bits per heavy atom. The summed E-state index contributed by atoms with van der Waals surface area (Å²) in [5.41, 5.74) is -0.148. The zero-order chi connectivity index (χ0) is 17.5. The van der Waals surface area contributed by atoms with Gasteiger partial charge in [0.2, 0.25) is 0 Å². The van der Waals surface area contributed by atoms with Crippen LogP contribution in [0.3, 0.4) is 0 Å². The first-order valence-electron chi connectivity index (χ1n) is 8.84. The number of carbonyl (C=O) groups excluding carboxylic acids is 2. The quantitative estimate of drug-likeness (QED) is 0.608. The summed E-state index contributed by atoms with van der Waals surface area (Å²) in [6, 6.07) is 0. The Hall–Kier alpha value is -1.22. The normalized spacial score (nSPS) is 30.8. The minimum Gasteiger partial charge on any atom is -0.382 e. The van der Waals surface area contributed by atoms with Crippen molar-refractivity contribution in [1.29, 1.82) is 0 Å². The van der Waals surface area contributed by atoms with Crippen LogP contribution in [0.15, 0.2) is 23.8 Å². The van der Waals surface area contributed by atoms with Crippen molar-refractivity contribution in [3.05, 3.63) is 23.8 Å². The third kappa shape index (κ3) is 6.42. The lowest BCUT2D eigenvalue weighted by Crippen LogP contribution is -2.38. The Labute approximate surface area is 140 Å². The Kier molecular flexibility index (Phi) is 7.90. The second-order valence-electron chi connectivity index (χ2n) is 7.44. The molecule has 0 aliphatic heterocycles. The molecule has 3 nitrogen and oxygen atoms in total. The third-order valence-electron chi connectivity index (χ3n) is 5.17. The van der Waals surface area contributed by atoms with E-state index in [1.807, 2.05) is 26.8 Å². The van der Waals surface area contributed by atoms with Crippen molar-refractivity contribution in [2.45, 2.75) is 71.8 Å². The fraction of sp³-hybridized carbons (Fsp3) is 0.700. The molecule has 1 aliphatic carbocycles. The fourth-order valence-corrected chi connectivity index (χ4v) is 3.36. The van der Waals surface area contributed by atoms with Crippen LogP contribution in [0, 0.1) is 17.8 Å². The van der Waals surface area contributed by atoms with E-state index in [0.29, 0.717) is 18.3 Å². The van der Waals surface area contributed by atoms with Crippen LogP contribution in [0.2, 0.25) is 0 Å². The van der Waals surface area contributed by atoms with E-state index >= 15 is 0 Å². The molecule has 0 saturated heterocycles. The van der Waals surface area contributed by atoms with Gasteiger partial charge in [0.25, 0.3) is 0 Å². The minimum absolute atomic E-state index is 0.0101. The third-order valence-corrected chi connectivity index (χ3v) is 5.17. The SMILES string of the molecule is CC(C)=CC(=O)/C=C\C(C)C1CCCC[C@](O)(C=O)C(C)CC1. The average molecular weight is 320 g/mol. The largest absolute Gasteiger partial charge is 0.382 e. The van der Waals surface area contributed by atoms with Crippen LogP contribution >= 0.6 is 0 Å². The van der Waals surface area contributed by atoms with Crippen molar-refractivity contribution >= 4 is 12.1 Å². The maximum absolute atomic E-state index is 11.8. The highest BCUT2D eigenvalue weighted by Gasteiger charge is 2.34. The molecule has 0 aromatic rings. The van der Waals surface area contributed by atoms with E-state index < -0.39 is 5.60 Å². The molecular weight excluding hydrogens is 288 g/mol. The van der Waals surface area contributed by atoms with E-state index in [4.69, 9.17) is 0 Å². The van der Waals surface area contributed by atoms with Gasteiger partial charge >= 0.3 is 0 Å². The maximum atomic E-state index is 11.8. The van der Waals surface area contributed by atoms with Gasteiger partial charge in [0.05, 0.1) is 0 Å². The first-order chi connectivity index (χ1) is 10.8. The predicted octanol–water partition coefficient (Wildman–Crippen LogP) is 4.25. The molecule has 0 aromatic carbocycles. The molecule has 1 saturated carbocycles. The number of aldehydes is 1. The molecule has 0 spiro atoms. The van der Waals surface area contributed by atoms with Gasteiger partial charge in [-0.2, -0.15) is 0 Å². The molecule has 23 heavy (non-hydrogen) atoms. The fourth-order valence-electron chi connectivity index (χ4n) is 3.36. The zero-order valence-corrected chi connectivity index (χ0v) is 15.0. The van der Waals surface area contributed by atoms with E-state index in [1.54, 1.807) is 12.2 Å². The van der Waals surface area contributed by atoms with Gasteiger partial charge < -0.3 is 9.90 Å². The number of aliphatic hydroxyl groups is 1. The summed E-state index contributed by atoms with van der Waals surface area (Å²) < 4.78 is 0. The zero-order valence-electron chi connectivity index (χ0n) is 15.0. The van der Waals surface area contributed by atoms with Crippen molar-refractivity contribution in [2.75, 3.05) is 0 Å². The molecular formula is C20H32O3. The molecule has 0 aromatic heterocycles. The summed E-state index contributed by atoms with van der Waals surface area (Å²) in [4.78, 5) is 23.0. The van der Waals surface area contributed by atoms with Crippen molar-refractivity contribution in [1.82, 2.24) is 0 Å². The Balaban J connectivity index is 2.69. The molecule has 0 radical (unpaired) electrons. The molecule has 0 heterocycles. The van der Waals surface area contributed by atoms with E-state index in [9.17, 15) is 14.7 Å². The summed E-state index contributed by atoms with van der Waals surface area (Å²) in [5.74, 6) is 0.869. The predicted molar refractivity (Wildman–Crippen MR) is 94.1 cm³/mol. The molecule has 1 rings (SSSR count). The second-order valence-corrected chi connectivity index (χ2v) is 7.44. The highest BCUT2D eigenvalue weighted by atomic mass is 16.3. The van der Waals surface area contributed by atoms with Crippen LogP contribution in [0.1, 0.15) is 66.2 Å². The molecule has 3 unspecified atom stereocenters. The minimum atomic E-state index is -1.16. The molecule has 0 amide bonds. The lowest BCUT2D eigenvalue weighted by molar-refractivity contribution is -0.130. The Morgan fingerprint density at radius 1 is 1.22 bits per heavy atom. The molecule has 130 valence electrons. The molecule has 0 bridgehead atoms. The van der Waals surface area contributed by atoms with Crippen LogP contribution in [-0.2, 0) is 9.59 Å². The van der Waals surface area contributed by atoms with Crippen LogP contribution in [0.25, 0.3) is 0 Å². The number of hydrogen-bond donors (Lipinski definition) is 1. The Morgan fingerprint density at radius 3 is 2.52 bits per heavy atom. The summed E-state index contributed by atoms with van der Waals surface area (Å²) >= 11 is 0. The molecule has 3 heteroatoms. The van der Waals surface area contributed by atoms with E-state index in [2.05, 4.69) is 6.92 Å². The van der Waals surface area contributed by atoms with Crippen LogP contribution in [0.4, 0.5) is 0 Å². The first kappa shape index (κ1) is 19.8. The lowest BCUT2D eigenvalue weighted by Gasteiger charge is -2.29. The van der Waals surface area contributed by atoms with Crippen LogP contribution < -0.4 is 0 Å². The molecule has 1 aliphatic rings. The van der Waals surface area contributed by atoms with Crippen molar-refractivity contribution in [3.8, 4) is 0 Å². The highest BCUT2D eigenvalue weighted by Crippen LogP contribution is 2.34. The van der Waals surface area contributed by atoms with Crippen molar-refractivity contribution < 1.29 is 14.7 Å². The number of allylic oxidation sites excluding steroid dienone is 4. The lowest BCUT2D eigenvalue weighted by atomic mass is 9.81. The number of carbonyl (C=O) groups is 2. The van der Waals surface area contributed by atoms with Gasteiger partial charge in [0.1, 0.15) is 5.60 Å². The first-order valence-corrected chi connectivity index (χ1v) is 8.84. The summed E-state index contributed by atoms with van der Waals surface area (Å²) in [7, 11) is 0. The Bertz CT molecular complexity index is 460. The molecule has 4 atom stereocenters. The second kappa shape index (κ2) is 9.17. The van der Waals surface area contributed by atoms with Gasteiger partial charge in [-0.3, -0.25) is 4.79 Å². The van der Waals surface area contributed by atoms with Gasteiger partial charge in [-0.05, 0) is 69.4 Å². The molecule has 1 fully saturated rings. The average Bonchev–Trinajstić information content (AvgIpc) is 2.56. The van der Waals surface area contributed by atoms with Crippen LogP contribution in [0.5, 0.6) is 0 Å². The summed E-state index contributed by atoms with van der Waals surface area (Å²) in [6.07, 6.45) is 11.5. The summed E-state index contributed by atoms with van der Waals surface area (Å²) in [6.45, 7) is 7.97. The highest BCUT2D eigenvalue weighted by molar-refractivity contribution is 5.99. The van der Waals surface area contributed by atoms with E-state index in [0.717, 1.165) is 44.0 Å². The van der Waals surface area contributed by atoms with Gasteiger partial charge in [-0.1, -0.05) is 38.3 Å². The topological polar surface area (TPSA) is 54.4 Å². The van der Waals surface area contributed by atoms with Crippen molar-refractivity contribution in [2.24, 2.45) is 17.8 Å². The summed E-state index contributed by atoms with van der Waals surface area (Å²) in [5, 5.41) is 10.4. The maximum Gasteiger partial charge on any atom is 0.178 e. The smallest absolute Gasteiger partial charge is 0.178 e. The van der Waals surface area contributed by atoms with Gasteiger partial charge in [0, 0.05) is 0 Å². The standard InChI is InChI=1S/C20H32O3/c1-15(2)13-19(22)11-8-16(3)18-7-5-6-12-20(23,14-21)17(4)9-10-18/h8,11,13-14,16-18,23H,5-7,9-10,12H2,1-4H3/b11-8-/t16?,17?,18?,20-/m0/s1. The molecule has 1 N–H and O–H groups in total. The van der Waals surface area contributed by atoms with E-state index in [-0.39, 0.29) is 11.7 Å².